The molecule has 2 aliphatic heterocycles. The topological polar surface area (TPSA) is 36.0 Å². The first-order chi connectivity index (χ1) is 12.7. The van der Waals surface area contributed by atoms with E-state index in [1.807, 2.05) is 29.2 Å². The van der Waals surface area contributed by atoms with E-state index in [0.29, 0.717) is 18.2 Å². The van der Waals surface area contributed by atoms with Crippen molar-refractivity contribution in [2.45, 2.75) is 6.42 Å². The van der Waals surface area contributed by atoms with Crippen LogP contribution in [0.5, 0.6) is 0 Å². The molecule has 8 heteroatoms. The molecule has 0 aliphatic carbocycles. The van der Waals surface area contributed by atoms with Crippen molar-refractivity contribution in [3.63, 3.8) is 0 Å². The third-order valence-corrected chi connectivity index (χ3v) is 5.39. The number of nitrogens with zero attached hydrogens (tertiary/aromatic N) is 3. The molecule has 5 nitrogen and oxygen atoms in total. The lowest BCUT2D eigenvalue weighted by atomic mass is 10.1. The minimum absolute atomic E-state index is 0. The van der Waals surface area contributed by atoms with E-state index in [1.165, 1.54) is 0 Å². The number of benzene rings is 1. The fraction of sp³-hybridized carbons (Fsp3) is 0.550. The highest BCUT2D eigenvalue weighted by Crippen LogP contribution is 2.27. The van der Waals surface area contributed by atoms with Gasteiger partial charge in [-0.05, 0) is 30.7 Å². The van der Waals surface area contributed by atoms with E-state index in [9.17, 15) is 4.79 Å². The number of carbonyl (C=O) groups is 1. The van der Waals surface area contributed by atoms with Crippen LogP contribution in [0.25, 0.3) is 0 Å². The van der Waals surface area contributed by atoms with Crippen LogP contribution >= 0.6 is 36.4 Å². The van der Waals surface area contributed by atoms with Crippen molar-refractivity contribution < 1.29 is 9.53 Å². The summed E-state index contributed by atoms with van der Waals surface area (Å²) in [5.41, 5.74) is 0.943. The Hall–Kier alpha value is -1.000. The van der Waals surface area contributed by atoms with Gasteiger partial charge in [0.15, 0.2) is 0 Å². The smallest absolute Gasteiger partial charge is 0.231 e. The van der Waals surface area contributed by atoms with Crippen LogP contribution in [-0.4, -0.2) is 74.7 Å². The van der Waals surface area contributed by atoms with Crippen LogP contribution in [-0.2, 0) is 9.53 Å². The Morgan fingerprint density at radius 2 is 1.71 bits per heavy atom. The standard InChI is InChI=1S/C20H26ClN3O2.2ClH/c1-2-14-26-15-13-22-9-11-23(12-10-22)16-17-7-8-24(20(17)25)19-5-3-18(21)4-6-19;;/h1,3-6,17H,7-16H2;2*1H. The summed E-state index contributed by atoms with van der Waals surface area (Å²) in [5, 5.41) is 0.694. The maximum Gasteiger partial charge on any atom is 0.231 e. The maximum atomic E-state index is 12.8. The Kier molecular flexibility index (Phi) is 11.2. The Morgan fingerprint density at radius 1 is 1.07 bits per heavy atom. The number of amides is 1. The SMILES string of the molecule is C#CCOCCN1CCN(CC2CCN(c3ccc(Cl)cc3)C2=O)CC1.Cl.Cl. The van der Waals surface area contributed by atoms with Gasteiger partial charge in [0.25, 0.3) is 0 Å². The van der Waals surface area contributed by atoms with Crippen molar-refractivity contribution in [3.8, 4) is 12.3 Å². The largest absolute Gasteiger partial charge is 0.367 e. The molecule has 1 atom stereocenters. The second-order valence-corrected chi connectivity index (χ2v) is 7.29. The lowest BCUT2D eigenvalue weighted by Gasteiger charge is -2.35. The molecule has 0 aromatic heterocycles. The van der Waals surface area contributed by atoms with Gasteiger partial charge in [-0.2, -0.15) is 0 Å². The van der Waals surface area contributed by atoms with Crippen molar-refractivity contribution in [3.05, 3.63) is 29.3 Å². The maximum absolute atomic E-state index is 12.8. The third kappa shape index (κ3) is 6.81. The van der Waals surface area contributed by atoms with Gasteiger partial charge in [-0.1, -0.05) is 17.5 Å². The van der Waals surface area contributed by atoms with Crippen LogP contribution in [0.4, 0.5) is 5.69 Å². The summed E-state index contributed by atoms with van der Waals surface area (Å²) in [6.45, 7) is 7.65. The Bertz CT molecular complexity index is 643. The molecule has 2 heterocycles. The zero-order chi connectivity index (χ0) is 18.4. The van der Waals surface area contributed by atoms with Gasteiger partial charge in [0.05, 0.1) is 12.5 Å². The number of hydrogen-bond acceptors (Lipinski definition) is 4. The van der Waals surface area contributed by atoms with E-state index < -0.39 is 0 Å². The molecule has 1 amide bonds. The number of rotatable bonds is 7. The molecule has 0 saturated carbocycles. The number of carbonyl (C=O) groups excluding carboxylic acids is 1. The highest BCUT2D eigenvalue weighted by molar-refractivity contribution is 6.30. The van der Waals surface area contributed by atoms with Crippen LogP contribution < -0.4 is 4.90 Å². The van der Waals surface area contributed by atoms with Crippen molar-refractivity contribution >= 4 is 48.0 Å². The van der Waals surface area contributed by atoms with E-state index in [4.69, 9.17) is 22.8 Å². The van der Waals surface area contributed by atoms with E-state index in [1.54, 1.807) is 0 Å². The summed E-state index contributed by atoms with van der Waals surface area (Å²) < 4.78 is 5.35. The summed E-state index contributed by atoms with van der Waals surface area (Å²) in [5.74, 6) is 2.81. The number of anilines is 1. The van der Waals surface area contributed by atoms with Gasteiger partial charge in [0.2, 0.25) is 5.91 Å². The summed E-state index contributed by atoms with van der Waals surface area (Å²) in [6.07, 6.45) is 6.09. The van der Waals surface area contributed by atoms with Gasteiger partial charge < -0.3 is 14.5 Å². The Morgan fingerprint density at radius 3 is 2.36 bits per heavy atom. The molecule has 3 rings (SSSR count). The molecular weight excluding hydrogens is 421 g/mol. The molecule has 156 valence electrons. The van der Waals surface area contributed by atoms with Gasteiger partial charge >= 0.3 is 0 Å². The van der Waals surface area contributed by atoms with E-state index in [0.717, 1.165) is 57.9 Å². The summed E-state index contributed by atoms with van der Waals surface area (Å²) >= 11 is 5.94. The van der Waals surface area contributed by atoms with Crippen molar-refractivity contribution in [1.82, 2.24) is 9.80 Å². The van der Waals surface area contributed by atoms with Gasteiger partial charge in [-0.25, -0.2) is 0 Å². The monoisotopic (exact) mass is 447 g/mol. The van der Waals surface area contributed by atoms with Crippen molar-refractivity contribution in [2.24, 2.45) is 5.92 Å². The van der Waals surface area contributed by atoms with E-state index >= 15 is 0 Å². The first-order valence-electron chi connectivity index (χ1n) is 9.20. The fourth-order valence-corrected chi connectivity index (χ4v) is 3.74. The fourth-order valence-electron chi connectivity index (χ4n) is 3.62. The van der Waals surface area contributed by atoms with E-state index in [2.05, 4.69) is 15.7 Å². The lowest BCUT2D eigenvalue weighted by molar-refractivity contribution is -0.121. The number of hydrogen-bond donors (Lipinski definition) is 0. The second-order valence-electron chi connectivity index (χ2n) is 6.85. The van der Waals surface area contributed by atoms with Crippen LogP contribution in [0.1, 0.15) is 6.42 Å². The molecular formula is C20H28Cl3N3O2. The van der Waals surface area contributed by atoms with Crippen molar-refractivity contribution in [2.75, 3.05) is 63.9 Å². The zero-order valence-electron chi connectivity index (χ0n) is 15.9. The normalized spacial score (nSPS) is 20.4. The average molecular weight is 449 g/mol. The van der Waals surface area contributed by atoms with Crippen LogP contribution in [0.3, 0.4) is 0 Å². The van der Waals surface area contributed by atoms with Gasteiger partial charge in [-0.15, -0.1) is 31.2 Å². The minimum Gasteiger partial charge on any atom is -0.367 e. The predicted molar refractivity (Wildman–Crippen MR) is 119 cm³/mol. The molecule has 1 unspecified atom stereocenters. The van der Waals surface area contributed by atoms with E-state index in [-0.39, 0.29) is 36.6 Å². The Labute approximate surface area is 185 Å². The molecule has 1 aromatic rings. The quantitative estimate of drug-likeness (QED) is 0.475. The van der Waals surface area contributed by atoms with Crippen LogP contribution in [0.15, 0.2) is 24.3 Å². The molecule has 1 aromatic carbocycles. The molecule has 28 heavy (non-hydrogen) atoms. The van der Waals surface area contributed by atoms with Gasteiger partial charge in [-0.3, -0.25) is 9.69 Å². The van der Waals surface area contributed by atoms with Crippen molar-refractivity contribution in [1.29, 1.82) is 0 Å². The zero-order valence-corrected chi connectivity index (χ0v) is 18.3. The first kappa shape index (κ1) is 25.0. The molecule has 0 radical (unpaired) electrons. The summed E-state index contributed by atoms with van der Waals surface area (Å²) in [6, 6.07) is 7.52. The molecule has 2 aliphatic rings. The van der Waals surface area contributed by atoms with Gasteiger partial charge in [0.1, 0.15) is 6.61 Å². The average Bonchev–Trinajstić information content (AvgIpc) is 3.01. The summed E-state index contributed by atoms with van der Waals surface area (Å²) in [4.78, 5) is 19.4. The van der Waals surface area contributed by atoms with Gasteiger partial charge in [0, 0.05) is 56.5 Å². The highest BCUT2D eigenvalue weighted by Gasteiger charge is 2.34. The first-order valence-corrected chi connectivity index (χ1v) is 9.58. The number of halogens is 3. The number of terminal acetylenes is 1. The second kappa shape index (κ2) is 12.5. The third-order valence-electron chi connectivity index (χ3n) is 5.14. The minimum atomic E-state index is 0. The number of ether oxygens (including phenoxy) is 1. The molecule has 0 N–H and O–H groups in total. The highest BCUT2D eigenvalue weighted by atomic mass is 35.5. The molecule has 2 saturated heterocycles. The Balaban J connectivity index is 0.00000196. The van der Waals surface area contributed by atoms with Crippen LogP contribution in [0, 0.1) is 18.3 Å². The lowest BCUT2D eigenvalue weighted by Crippen LogP contribution is -2.49. The molecule has 2 fully saturated rings. The molecule has 0 spiro atoms. The number of piperazine rings is 1. The van der Waals surface area contributed by atoms with Crippen LogP contribution in [0.2, 0.25) is 5.02 Å². The summed E-state index contributed by atoms with van der Waals surface area (Å²) in [7, 11) is 0. The molecule has 0 bridgehead atoms. The predicted octanol–water partition coefficient (Wildman–Crippen LogP) is 2.80.